The smallest absolute Gasteiger partial charge is 0.325 e. The lowest BCUT2D eigenvalue weighted by Crippen LogP contribution is -2.26. The second-order valence-electron chi connectivity index (χ2n) is 4.62. The van der Waals surface area contributed by atoms with Gasteiger partial charge in [-0.15, -0.1) is 11.3 Å². The summed E-state index contributed by atoms with van der Waals surface area (Å²) < 4.78 is 0. The first-order valence-electron chi connectivity index (χ1n) is 6.44. The molecule has 0 aliphatic heterocycles. The highest BCUT2D eigenvalue weighted by atomic mass is 32.1. The topological polar surface area (TPSA) is 75.1 Å². The van der Waals surface area contributed by atoms with Gasteiger partial charge in [0.1, 0.15) is 23.0 Å². The third-order valence-electron chi connectivity index (χ3n) is 3.18. The first-order chi connectivity index (χ1) is 10.2. The van der Waals surface area contributed by atoms with E-state index in [1.54, 1.807) is 6.92 Å². The summed E-state index contributed by atoms with van der Waals surface area (Å²) in [7, 11) is 0. The van der Waals surface area contributed by atoms with Crippen molar-refractivity contribution in [1.29, 1.82) is 0 Å². The van der Waals surface area contributed by atoms with Gasteiger partial charge in [0, 0.05) is 10.9 Å². The highest BCUT2D eigenvalue weighted by molar-refractivity contribution is 7.17. The fourth-order valence-electron chi connectivity index (χ4n) is 2.08. The van der Waals surface area contributed by atoms with Crippen molar-refractivity contribution in [2.75, 3.05) is 5.32 Å². The second-order valence-corrected chi connectivity index (χ2v) is 5.48. The number of fused-ring (bicyclic) bond motifs is 1. The third kappa shape index (κ3) is 2.57. The van der Waals surface area contributed by atoms with Crippen molar-refractivity contribution < 1.29 is 9.90 Å². The number of anilines is 1. The molecule has 0 aliphatic rings. The van der Waals surface area contributed by atoms with E-state index >= 15 is 0 Å². The second kappa shape index (κ2) is 5.49. The number of carboxylic acids is 1. The largest absolute Gasteiger partial charge is 0.480 e. The van der Waals surface area contributed by atoms with Crippen molar-refractivity contribution in [2.24, 2.45) is 0 Å². The van der Waals surface area contributed by atoms with E-state index in [2.05, 4.69) is 15.3 Å². The lowest BCUT2D eigenvalue weighted by molar-refractivity contribution is -0.137. The number of nitrogens with zero attached hydrogens (tertiary/aromatic N) is 2. The average Bonchev–Trinajstić information content (AvgIpc) is 2.93. The summed E-state index contributed by atoms with van der Waals surface area (Å²) in [5, 5.41) is 14.9. The first-order valence-corrected chi connectivity index (χ1v) is 7.31. The first kappa shape index (κ1) is 13.5. The number of thiophene rings is 1. The molecule has 0 saturated heterocycles. The molecule has 2 N–H and O–H groups in total. The summed E-state index contributed by atoms with van der Waals surface area (Å²) >= 11 is 1.52. The number of aliphatic carboxylic acids is 1. The van der Waals surface area contributed by atoms with Gasteiger partial charge in [-0.25, -0.2) is 9.97 Å². The van der Waals surface area contributed by atoms with Crippen LogP contribution in [0.1, 0.15) is 6.92 Å². The fraction of sp³-hybridized carbons (Fsp3) is 0.133. The number of rotatable bonds is 4. The van der Waals surface area contributed by atoms with Crippen molar-refractivity contribution in [3.63, 3.8) is 0 Å². The fourth-order valence-corrected chi connectivity index (χ4v) is 3.00. The summed E-state index contributed by atoms with van der Waals surface area (Å²) in [4.78, 5) is 20.3. The molecule has 1 aromatic carbocycles. The predicted octanol–water partition coefficient (Wildman–Crippen LogP) is 3.24. The molecule has 3 rings (SSSR count). The Balaban J connectivity index is 2.13. The van der Waals surface area contributed by atoms with E-state index in [1.165, 1.54) is 17.7 Å². The number of carboxylic acid groups (broad SMARTS) is 1. The lowest BCUT2D eigenvalue weighted by atomic mass is 10.1. The number of nitrogens with one attached hydrogen (secondary N) is 1. The Hall–Kier alpha value is -2.47. The van der Waals surface area contributed by atoms with Gasteiger partial charge in [-0.3, -0.25) is 4.79 Å². The quantitative estimate of drug-likeness (QED) is 0.773. The molecule has 0 spiro atoms. The average molecular weight is 299 g/mol. The van der Waals surface area contributed by atoms with Crippen LogP contribution in [0.25, 0.3) is 21.3 Å². The van der Waals surface area contributed by atoms with E-state index in [9.17, 15) is 4.79 Å². The Morgan fingerprint density at radius 2 is 2.05 bits per heavy atom. The molecule has 6 heteroatoms. The number of carbonyl (C=O) groups is 1. The van der Waals surface area contributed by atoms with Gasteiger partial charge in [0.15, 0.2) is 0 Å². The van der Waals surface area contributed by atoms with Crippen LogP contribution in [-0.4, -0.2) is 27.1 Å². The molecular formula is C15H13N3O2S. The molecule has 106 valence electrons. The van der Waals surface area contributed by atoms with Crippen molar-refractivity contribution in [3.8, 4) is 11.1 Å². The summed E-state index contributed by atoms with van der Waals surface area (Å²) in [6.07, 6.45) is 1.45. The number of benzene rings is 1. The van der Waals surface area contributed by atoms with Crippen molar-refractivity contribution in [2.45, 2.75) is 13.0 Å². The van der Waals surface area contributed by atoms with Crippen LogP contribution in [0.4, 0.5) is 5.82 Å². The van der Waals surface area contributed by atoms with Gasteiger partial charge < -0.3 is 10.4 Å². The minimum Gasteiger partial charge on any atom is -0.480 e. The predicted molar refractivity (Wildman–Crippen MR) is 83.6 cm³/mol. The molecule has 2 aromatic heterocycles. The molecule has 1 atom stereocenters. The van der Waals surface area contributed by atoms with Gasteiger partial charge in [-0.2, -0.15) is 0 Å². The van der Waals surface area contributed by atoms with Crippen LogP contribution in [0, 0.1) is 0 Å². The van der Waals surface area contributed by atoms with Crippen molar-refractivity contribution in [3.05, 3.63) is 42.0 Å². The summed E-state index contributed by atoms with van der Waals surface area (Å²) in [6.45, 7) is 1.59. The van der Waals surface area contributed by atoms with E-state index in [1.807, 2.05) is 35.7 Å². The molecule has 3 aromatic rings. The van der Waals surface area contributed by atoms with E-state index < -0.39 is 12.0 Å². The highest BCUT2D eigenvalue weighted by Crippen LogP contribution is 2.36. The van der Waals surface area contributed by atoms with Crippen LogP contribution in [0.3, 0.4) is 0 Å². The van der Waals surface area contributed by atoms with Crippen LogP contribution in [0.2, 0.25) is 0 Å². The third-order valence-corrected chi connectivity index (χ3v) is 4.07. The zero-order chi connectivity index (χ0) is 14.8. The van der Waals surface area contributed by atoms with Crippen LogP contribution in [-0.2, 0) is 4.79 Å². The van der Waals surface area contributed by atoms with Crippen LogP contribution < -0.4 is 5.32 Å². The van der Waals surface area contributed by atoms with Crippen LogP contribution >= 0.6 is 11.3 Å². The van der Waals surface area contributed by atoms with Crippen molar-refractivity contribution in [1.82, 2.24) is 9.97 Å². The van der Waals surface area contributed by atoms with Gasteiger partial charge in [0.05, 0.1) is 5.39 Å². The molecule has 0 fully saturated rings. The molecule has 2 heterocycles. The van der Waals surface area contributed by atoms with E-state index in [-0.39, 0.29) is 0 Å². The molecular weight excluding hydrogens is 286 g/mol. The van der Waals surface area contributed by atoms with Crippen LogP contribution in [0.15, 0.2) is 42.0 Å². The Morgan fingerprint density at radius 1 is 1.29 bits per heavy atom. The Bertz CT molecular complexity index is 786. The molecule has 5 nitrogen and oxygen atoms in total. The minimum absolute atomic E-state index is 0.551. The maximum absolute atomic E-state index is 11.0. The van der Waals surface area contributed by atoms with Gasteiger partial charge in [-0.1, -0.05) is 30.3 Å². The molecule has 0 unspecified atom stereocenters. The monoisotopic (exact) mass is 299 g/mol. The summed E-state index contributed by atoms with van der Waals surface area (Å²) in [5.41, 5.74) is 2.07. The van der Waals surface area contributed by atoms with Crippen LogP contribution in [0.5, 0.6) is 0 Å². The summed E-state index contributed by atoms with van der Waals surface area (Å²) in [5.74, 6) is -0.367. The molecule has 0 radical (unpaired) electrons. The maximum atomic E-state index is 11.0. The van der Waals surface area contributed by atoms with Crippen molar-refractivity contribution >= 4 is 33.3 Å². The van der Waals surface area contributed by atoms with Gasteiger partial charge in [0.25, 0.3) is 0 Å². The standard InChI is InChI=1S/C15H13N3O2S/c1-9(15(19)20)18-13-12-11(10-5-3-2-4-6-10)7-21-14(12)17-8-16-13/h2-9H,1H3,(H,19,20)(H,16,17,18)/t9-/m0/s1. The Morgan fingerprint density at radius 3 is 2.76 bits per heavy atom. The van der Waals surface area contributed by atoms with Gasteiger partial charge >= 0.3 is 5.97 Å². The normalized spacial score (nSPS) is 12.2. The molecule has 0 saturated carbocycles. The Kier molecular flexibility index (Phi) is 3.53. The molecule has 21 heavy (non-hydrogen) atoms. The number of hydrogen-bond donors (Lipinski definition) is 2. The molecule has 0 amide bonds. The summed E-state index contributed by atoms with van der Waals surface area (Å²) in [6, 6.07) is 9.20. The number of hydrogen-bond acceptors (Lipinski definition) is 5. The molecule has 0 bridgehead atoms. The zero-order valence-electron chi connectivity index (χ0n) is 11.3. The van der Waals surface area contributed by atoms with Gasteiger partial charge in [0.2, 0.25) is 0 Å². The SMILES string of the molecule is C[C@H](Nc1ncnc2scc(-c3ccccc3)c12)C(=O)O. The maximum Gasteiger partial charge on any atom is 0.325 e. The van der Waals surface area contributed by atoms with E-state index in [4.69, 9.17) is 5.11 Å². The van der Waals surface area contributed by atoms with E-state index in [0.717, 1.165) is 21.3 Å². The lowest BCUT2D eigenvalue weighted by Gasteiger charge is -2.11. The molecule has 0 aliphatic carbocycles. The number of aromatic nitrogens is 2. The Labute approximate surface area is 125 Å². The van der Waals surface area contributed by atoms with E-state index in [0.29, 0.717) is 5.82 Å². The highest BCUT2D eigenvalue weighted by Gasteiger charge is 2.17. The zero-order valence-corrected chi connectivity index (χ0v) is 12.1. The van der Waals surface area contributed by atoms with Gasteiger partial charge in [-0.05, 0) is 12.5 Å². The minimum atomic E-state index is -0.918.